The Bertz CT molecular complexity index is 1580. The van der Waals surface area contributed by atoms with Crippen LogP contribution in [0.3, 0.4) is 0 Å². The Morgan fingerprint density at radius 3 is 2.33 bits per heavy atom. The first-order chi connectivity index (χ1) is 21.9. The standard InChI is InChI=1S/C32H39F3N10O/c1-4-38-26-27(41-31(42-28(26)36)45-17-15-44(16-18-45)24-11-13-43(3)14-12-24)29(37)40-25-19-21(6-5-20(25)2)30(46)39-23-9-7-22(8-10-23)32(33,34)35/h4-10,19,24,40H,1,11-18,37H2,2-3H3,(H,39,46)(H2,36,41,42)/b29-27-,38-26+. The van der Waals surface area contributed by atoms with Crippen molar-refractivity contribution in [1.82, 2.24) is 14.7 Å². The topological polar surface area (TPSA) is 140 Å². The van der Waals surface area contributed by atoms with Crippen molar-refractivity contribution in [2.75, 3.05) is 56.9 Å². The molecule has 244 valence electrons. The van der Waals surface area contributed by atoms with E-state index in [-0.39, 0.29) is 28.6 Å². The molecule has 0 spiro atoms. The molecule has 2 saturated heterocycles. The quantitative estimate of drug-likeness (QED) is 0.378. The van der Waals surface area contributed by atoms with Gasteiger partial charge in [0.2, 0.25) is 5.96 Å². The molecule has 0 bridgehead atoms. The Labute approximate surface area is 266 Å². The highest BCUT2D eigenvalue weighted by Gasteiger charge is 2.31. The second kappa shape index (κ2) is 13.7. The number of amides is 1. The van der Waals surface area contributed by atoms with Crippen LogP contribution in [0.4, 0.5) is 24.5 Å². The molecule has 3 heterocycles. The van der Waals surface area contributed by atoms with Crippen LogP contribution in [0.2, 0.25) is 0 Å². The van der Waals surface area contributed by atoms with Crippen LogP contribution < -0.4 is 22.1 Å². The summed E-state index contributed by atoms with van der Waals surface area (Å²) in [6.07, 6.45) is -0.804. The lowest BCUT2D eigenvalue weighted by molar-refractivity contribution is -0.137. The van der Waals surface area contributed by atoms with Crippen molar-refractivity contribution >= 4 is 34.8 Å². The zero-order chi connectivity index (χ0) is 33.0. The highest BCUT2D eigenvalue weighted by Crippen LogP contribution is 2.30. The van der Waals surface area contributed by atoms with E-state index in [1.807, 2.05) is 6.92 Å². The van der Waals surface area contributed by atoms with Crippen LogP contribution in [0.1, 0.15) is 34.3 Å². The average molecular weight is 637 g/mol. The molecule has 46 heavy (non-hydrogen) atoms. The maximum Gasteiger partial charge on any atom is 0.416 e. The number of hydrogen-bond donors (Lipinski definition) is 4. The third kappa shape index (κ3) is 7.57. The van der Waals surface area contributed by atoms with Crippen molar-refractivity contribution in [2.24, 2.45) is 26.4 Å². The fraction of sp³-hybridized carbons (Fsp3) is 0.375. The number of aryl methyl sites for hydroxylation is 1. The third-order valence-electron chi connectivity index (χ3n) is 8.42. The van der Waals surface area contributed by atoms with Crippen molar-refractivity contribution in [3.63, 3.8) is 0 Å². The Balaban J connectivity index is 1.33. The Hall–Kier alpha value is -4.69. The number of piperidine rings is 1. The van der Waals surface area contributed by atoms with E-state index in [2.05, 4.69) is 48.9 Å². The van der Waals surface area contributed by atoms with E-state index in [9.17, 15) is 18.0 Å². The number of anilines is 2. The van der Waals surface area contributed by atoms with Gasteiger partial charge in [0.05, 0.1) is 5.56 Å². The number of benzene rings is 2. The van der Waals surface area contributed by atoms with Crippen LogP contribution in [0.5, 0.6) is 0 Å². The smallest absolute Gasteiger partial charge is 0.383 e. The number of carbonyl (C=O) groups is 1. The van der Waals surface area contributed by atoms with Crippen molar-refractivity contribution in [3.8, 4) is 0 Å². The summed E-state index contributed by atoms with van der Waals surface area (Å²) in [6.45, 7) is 11.0. The van der Waals surface area contributed by atoms with E-state index in [0.717, 1.165) is 69.8 Å². The van der Waals surface area contributed by atoms with Crippen LogP contribution in [0.15, 0.2) is 81.7 Å². The Kier molecular flexibility index (Phi) is 9.77. The molecule has 0 aliphatic carbocycles. The molecular weight excluding hydrogens is 597 g/mol. The van der Waals surface area contributed by atoms with Gasteiger partial charge >= 0.3 is 6.18 Å². The van der Waals surface area contributed by atoms with Gasteiger partial charge in [-0.2, -0.15) is 18.2 Å². The summed E-state index contributed by atoms with van der Waals surface area (Å²) < 4.78 is 38.7. The molecule has 2 aromatic rings. The van der Waals surface area contributed by atoms with E-state index in [1.165, 1.54) is 18.3 Å². The van der Waals surface area contributed by atoms with Crippen molar-refractivity contribution in [2.45, 2.75) is 32.0 Å². The van der Waals surface area contributed by atoms with Gasteiger partial charge in [-0.15, -0.1) is 0 Å². The number of alkyl halides is 3. The van der Waals surface area contributed by atoms with E-state index >= 15 is 0 Å². The molecule has 0 atom stereocenters. The maximum atomic E-state index is 13.0. The highest BCUT2D eigenvalue weighted by atomic mass is 19.4. The Morgan fingerprint density at radius 1 is 1.02 bits per heavy atom. The number of aliphatic imine (C=N–C) groups is 3. The molecule has 3 aliphatic heterocycles. The van der Waals surface area contributed by atoms with Gasteiger partial charge in [0.1, 0.15) is 17.2 Å². The van der Waals surface area contributed by atoms with Crippen molar-refractivity contribution < 1.29 is 18.0 Å². The zero-order valence-electron chi connectivity index (χ0n) is 25.9. The van der Waals surface area contributed by atoms with Gasteiger partial charge in [-0.3, -0.25) is 14.7 Å². The number of nitrogens with zero attached hydrogens (tertiary/aromatic N) is 6. The lowest BCUT2D eigenvalue weighted by Gasteiger charge is -2.42. The minimum Gasteiger partial charge on any atom is -0.383 e. The van der Waals surface area contributed by atoms with Crippen molar-refractivity contribution in [1.29, 1.82) is 0 Å². The van der Waals surface area contributed by atoms with Crippen LogP contribution in [0.25, 0.3) is 0 Å². The first-order valence-corrected chi connectivity index (χ1v) is 15.1. The number of nitrogens with one attached hydrogen (secondary N) is 2. The second-order valence-corrected chi connectivity index (χ2v) is 11.6. The van der Waals surface area contributed by atoms with E-state index in [4.69, 9.17) is 16.5 Å². The molecule has 6 N–H and O–H groups in total. The molecule has 2 fully saturated rings. The maximum absolute atomic E-state index is 13.0. The average Bonchev–Trinajstić information content (AvgIpc) is 3.03. The number of guanidine groups is 1. The number of nitrogens with two attached hydrogens (primary N) is 2. The molecule has 2 aromatic carbocycles. The number of rotatable bonds is 6. The van der Waals surface area contributed by atoms with E-state index < -0.39 is 17.6 Å². The summed E-state index contributed by atoms with van der Waals surface area (Å²) >= 11 is 0. The third-order valence-corrected chi connectivity index (χ3v) is 8.42. The number of carbonyl (C=O) groups excluding carboxylic acids is 1. The van der Waals surface area contributed by atoms with Gasteiger partial charge in [-0.25, -0.2) is 4.99 Å². The lowest BCUT2D eigenvalue weighted by Crippen LogP contribution is -2.54. The predicted molar refractivity (Wildman–Crippen MR) is 176 cm³/mol. The molecular formula is C32H39F3N10O. The van der Waals surface area contributed by atoms with Crippen LogP contribution in [0, 0.1) is 6.92 Å². The molecule has 0 saturated carbocycles. The number of piperazine rings is 1. The van der Waals surface area contributed by atoms with Gasteiger partial charge in [0.25, 0.3) is 5.91 Å². The summed E-state index contributed by atoms with van der Waals surface area (Å²) in [4.78, 5) is 33.6. The summed E-state index contributed by atoms with van der Waals surface area (Å²) in [5, 5.41) is 5.76. The largest absolute Gasteiger partial charge is 0.416 e. The molecule has 5 rings (SSSR count). The predicted octanol–water partition coefficient (Wildman–Crippen LogP) is 3.83. The summed E-state index contributed by atoms with van der Waals surface area (Å²) in [5.74, 6) is 0.245. The number of hydrogen-bond acceptors (Lipinski definition) is 10. The Morgan fingerprint density at radius 2 is 1.70 bits per heavy atom. The molecule has 0 unspecified atom stereocenters. The molecule has 3 aliphatic rings. The van der Waals surface area contributed by atoms with Gasteiger partial charge < -0.3 is 31.9 Å². The van der Waals surface area contributed by atoms with E-state index in [1.54, 1.807) is 18.2 Å². The summed E-state index contributed by atoms with van der Waals surface area (Å²) in [6, 6.07) is 9.76. The number of likely N-dealkylation sites (tertiary alicyclic amines) is 1. The summed E-state index contributed by atoms with van der Waals surface area (Å²) in [7, 11) is 2.16. The fourth-order valence-electron chi connectivity index (χ4n) is 5.70. The van der Waals surface area contributed by atoms with Gasteiger partial charge in [0, 0.05) is 55.4 Å². The lowest BCUT2D eigenvalue weighted by atomic mass is 10.0. The minimum atomic E-state index is -4.47. The second-order valence-electron chi connectivity index (χ2n) is 11.6. The first kappa shape index (κ1) is 32.7. The molecule has 1 amide bonds. The van der Waals surface area contributed by atoms with Crippen LogP contribution in [-0.2, 0) is 6.18 Å². The zero-order valence-corrected chi connectivity index (χ0v) is 25.9. The fourth-order valence-corrected chi connectivity index (χ4v) is 5.70. The van der Waals surface area contributed by atoms with Gasteiger partial charge in [-0.05, 0) is 81.9 Å². The minimum absolute atomic E-state index is 0.143. The van der Waals surface area contributed by atoms with Crippen LogP contribution in [-0.4, -0.2) is 90.5 Å². The normalized spacial score (nSPS) is 20.6. The highest BCUT2D eigenvalue weighted by molar-refractivity contribution is 6.49. The number of halogens is 3. The van der Waals surface area contributed by atoms with Gasteiger partial charge in [-0.1, -0.05) is 12.6 Å². The number of amidine groups is 1. The van der Waals surface area contributed by atoms with Crippen molar-refractivity contribution in [3.05, 3.63) is 83.5 Å². The molecule has 11 nitrogen and oxygen atoms in total. The molecule has 0 radical (unpaired) electrons. The monoisotopic (exact) mass is 636 g/mol. The molecule has 14 heteroatoms. The SMILES string of the molecule is C=C/N=C1/C(N)=NC(N2CCN(C3CCN(C)CC3)CC2)=N/C1=C(/N)Nc1cc(C(=O)Nc2ccc(C(F)(F)F)cc2)ccc1C. The van der Waals surface area contributed by atoms with E-state index in [0.29, 0.717) is 23.4 Å². The summed E-state index contributed by atoms with van der Waals surface area (Å²) in [5.41, 5.74) is 14.5. The first-order valence-electron chi connectivity index (χ1n) is 15.1. The van der Waals surface area contributed by atoms with Gasteiger partial charge in [0.15, 0.2) is 5.84 Å². The molecule has 0 aromatic heterocycles. The van der Waals surface area contributed by atoms with Crippen LogP contribution >= 0.6 is 0 Å².